The van der Waals surface area contributed by atoms with Gasteiger partial charge in [0.1, 0.15) is 0 Å². The van der Waals surface area contributed by atoms with E-state index in [4.69, 9.17) is 0 Å². The summed E-state index contributed by atoms with van der Waals surface area (Å²) in [7, 11) is 0. The lowest BCUT2D eigenvalue weighted by atomic mass is 9.90. The molecule has 0 radical (unpaired) electrons. The molecule has 0 bridgehead atoms. The highest BCUT2D eigenvalue weighted by Crippen LogP contribution is 2.41. The van der Waals surface area contributed by atoms with E-state index in [-0.39, 0.29) is 0 Å². The van der Waals surface area contributed by atoms with E-state index in [0.717, 1.165) is 22.7 Å². The Hall–Kier alpha value is -7.42. The fourth-order valence-electron chi connectivity index (χ4n) is 8.75. The number of rotatable bonds is 6. The first kappa shape index (κ1) is 32.0. The number of fused-ring (bicyclic) bond motifs is 8. The Kier molecular flexibility index (Phi) is 7.53. The Morgan fingerprint density at radius 2 is 0.839 bits per heavy atom. The van der Waals surface area contributed by atoms with Crippen molar-refractivity contribution in [2.75, 3.05) is 4.90 Å². The van der Waals surface area contributed by atoms with Gasteiger partial charge in [-0.25, -0.2) is 0 Å². The molecule has 2 heteroatoms. The van der Waals surface area contributed by atoms with Crippen molar-refractivity contribution >= 4 is 71.2 Å². The largest absolute Gasteiger partial charge is 0.311 e. The van der Waals surface area contributed by atoms with Crippen LogP contribution in [0, 0.1) is 0 Å². The monoisotopic (exact) mass is 712 g/mol. The predicted octanol–water partition coefficient (Wildman–Crippen LogP) is 15.0. The Balaban J connectivity index is 0.975. The summed E-state index contributed by atoms with van der Waals surface area (Å²) >= 11 is 0. The third-order valence-corrected chi connectivity index (χ3v) is 11.3. The first-order valence-electron chi connectivity index (χ1n) is 19.3. The van der Waals surface area contributed by atoms with Crippen LogP contribution in [-0.4, -0.2) is 4.57 Å². The first-order valence-corrected chi connectivity index (χ1v) is 19.3. The average molecular weight is 713 g/mol. The van der Waals surface area contributed by atoms with E-state index >= 15 is 0 Å². The van der Waals surface area contributed by atoms with Crippen LogP contribution in [0.4, 0.5) is 17.1 Å². The van der Waals surface area contributed by atoms with E-state index in [9.17, 15) is 0 Å². The summed E-state index contributed by atoms with van der Waals surface area (Å²) in [5.74, 6) is 0. The number of hydrogen-bond acceptors (Lipinski definition) is 1. The van der Waals surface area contributed by atoms with Gasteiger partial charge < -0.3 is 9.47 Å². The summed E-state index contributed by atoms with van der Waals surface area (Å²) in [6, 6.07) is 79.3. The van der Waals surface area contributed by atoms with Gasteiger partial charge in [-0.05, 0) is 121 Å². The summed E-state index contributed by atoms with van der Waals surface area (Å²) < 4.78 is 2.38. The molecule has 0 atom stereocenters. The highest BCUT2D eigenvalue weighted by molar-refractivity contribution is 6.24. The minimum absolute atomic E-state index is 1.11. The van der Waals surface area contributed by atoms with Crippen LogP contribution in [0.3, 0.4) is 0 Å². The highest BCUT2D eigenvalue weighted by Gasteiger charge is 2.16. The third-order valence-electron chi connectivity index (χ3n) is 11.3. The molecule has 56 heavy (non-hydrogen) atoms. The maximum atomic E-state index is 2.38. The average Bonchev–Trinajstić information content (AvgIpc) is 3.61. The second-order valence-electron chi connectivity index (χ2n) is 14.5. The molecular formula is C54H36N2. The molecule has 11 rings (SSSR count). The van der Waals surface area contributed by atoms with Crippen molar-refractivity contribution in [2.45, 2.75) is 0 Å². The van der Waals surface area contributed by atoms with Crippen LogP contribution in [-0.2, 0) is 0 Å². The minimum Gasteiger partial charge on any atom is -0.311 e. The van der Waals surface area contributed by atoms with Gasteiger partial charge >= 0.3 is 0 Å². The summed E-state index contributed by atoms with van der Waals surface area (Å²) in [5.41, 5.74) is 11.7. The number of anilines is 3. The lowest BCUT2D eigenvalue weighted by Gasteiger charge is -2.26. The van der Waals surface area contributed by atoms with E-state index in [1.54, 1.807) is 0 Å². The molecule has 0 fully saturated rings. The van der Waals surface area contributed by atoms with Gasteiger partial charge in [0.15, 0.2) is 0 Å². The Bertz CT molecular complexity index is 3160. The zero-order chi connectivity index (χ0) is 37.0. The summed E-state index contributed by atoms with van der Waals surface area (Å²) in [5, 5.41) is 10.2. The molecule has 0 aliphatic carbocycles. The fraction of sp³-hybridized carbons (Fsp3) is 0. The molecule has 0 unspecified atom stereocenters. The maximum Gasteiger partial charge on any atom is 0.0541 e. The van der Waals surface area contributed by atoms with Crippen molar-refractivity contribution in [3.8, 4) is 27.9 Å². The molecule has 1 aromatic heterocycles. The van der Waals surface area contributed by atoms with Crippen LogP contribution in [0.25, 0.3) is 82.1 Å². The van der Waals surface area contributed by atoms with Gasteiger partial charge in [-0.3, -0.25) is 0 Å². The Morgan fingerprint density at radius 1 is 0.304 bits per heavy atom. The van der Waals surface area contributed by atoms with E-state index in [1.807, 2.05) is 0 Å². The SMILES string of the molecule is c1ccc(N(c2ccc(-c3cccc(-n4c5ccccc5c5ccccc54)c3)cc2)c2ccc(-c3cc4ccccc4c4c3ccc3ccccc34)cc2)cc1. The van der Waals surface area contributed by atoms with Gasteiger partial charge in [0.25, 0.3) is 0 Å². The standard InChI is InChI=1S/C54H36N2/c1-2-16-42(17-3-1)55(44-32-27-39(28-33-44)51-36-41-14-5-7-20-47(41)54-46-19-6-4-13-38(46)29-34-50(51)54)43-30-25-37(26-31-43)40-15-12-18-45(35-40)56-52-23-10-8-21-48(52)49-22-9-11-24-53(49)56/h1-36H. The summed E-state index contributed by atoms with van der Waals surface area (Å²) in [6.45, 7) is 0. The molecule has 1 heterocycles. The molecule has 0 aliphatic heterocycles. The van der Waals surface area contributed by atoms with Gasteiger partial charge in [0, 0.05) is 33.5 Å². The van der Waals surface area contributed by atoms with Crippen molar-refractivity contribution in [3.05, 3.63) is 218 Å². The normalized spacial score (nSPS) is 11.6. The number of aromatic nitrogens is 1. The molecule has 262 valence electrons. The number of para-hydroxylation sites is 3. The fourth-order valence-corrected chi connectivity index (χ4v) is 8.75. The van der Waals surface area contributed by atoms with Crippen LogP contribution in [0.1, 0.15) is 0 Å². The number of benzene rings is 10. The van der Waals surface area contributed by atoms with Crippen LogP contribution >= 0.6 is 0 Å². The maximum absolute atomic E-state index is 2.38. The van der Waals surface area contributed by atoms with Crippen LogP contribution in [0.5, 0.6) is 0 Å². The van der Waals surface area contributed by atoms with Crippen molar-refractivity contribution in [1.29, 1.82) is 0 Å². The number of nitrogens with zero attached hydrogens (tertiary/aromatic N) is 2. The highest BCUT2D eigenvalue weighted by atomic mass is 15.1. The van der Waals surface area contributed by atoms with Gasteiger partial charge in [-0.2, -0.15) is 0 Å². The van der Waals surface area contributed by atoms with E-state index in [2.05, 4.69) is 228 Å². The van der Waals surface area contributed by atoms with E-state index < -0.39 is 0 Å². The Morgan fingerprint density at radius 3 is 1.52 bits per heavy atom. The topological polar surface area (TPSA) is 8.17 Å². The van der Waals surface area contributed by atoms with Crippen LogP contribution in [0.15, 0.2) is 218 Å². The smallest absolute Gasteiger partial charge is 0.0541 e. The number of hydrogen-bond donors (Lipinski definition) is 0. The first-order chi connectivity index (χ1) is 27.8. The summed E-state index contributed by atoms with van der Waals surface area (Å²) in [6.07, 6.45) is 0. The molecule has 0 saturated heterocycles. The summed E-state index contributed by atoms with van der Waals surface area (Å²) in [4.78, 5) is 2.34. The van der Waals surface area contributed by atoms with E-state index in [0.29, 0.717) is 0 Å². The molecule has 11 aromatic rings. The molecular weight excluding hydrogens is 677 g/mol. The van der Waals surface area contributed by atoms with E-state index in [1.165, 1.54) is 76.4 Å². The second kappa shape index (κ2) is 13.2. The predicted molar refractivity (Wildman–Crippen MR) is 239 cm³/mol. The van der Waals surface area contributed by atoms with Crippen LogP contribution < -0.4 is 4.90 Å². The lowest BCUT2D eigenvalue weighted by Crippen LogP contribution is -2.09. The van der Waals surface area contributed by atoms with Gasteiger partial charge in [-0.15, -0.1) is 0 Å². The van der Waals surface area contributed by atoms with Gasteiger partial charge in [-0.1, -0.05) is 152 Å². The molecule has 0 spiro atoms. The molecule has 0 aliphatic rings. The molecule has 0 N–H and O–H groups in total. The molecule has 0 saturated carbocycles. The molecule has 10 aromatic carbocycles. The van der Waals surface area contributed by atoms with Crippen molar-refractivity contribution in [3.63, 3.8) is 0 Å². The molecule has 0 amide bonds. The van der Waals surface area contributed by atoms with Crippen molar-refractivity contribution in [1.82, 2.24) is 4.57 Å². The van der Waals surface area contributed by atoms with Crippen molar-refractivity contribution < 1.29 is 0 Å². The zero-order valence-corrected chi connectivity index (χ0v) is 30.7. The Labute approximate surface area is 325 Å². The lowest BCUT2D eigenvalue weighted by molar-refractivity contribution is 1.18. The minimum atomic E-state index is 1.11. The second-order valence-corrected chi connectivity index (χ2v) is 14.5. The van der Waals surface area contributed by atoms with Gasteiger partial charge in [0.2, 0.25) is 0 Å². The zero-order valence-electron chi connectivity index (χ0n) is 30.7. The van der Waals surface area contributed by atoms with Crippen molar-refractivity contribution in [2.24, 2.45) is 0 Å². The van der Waals surface area contributed by atoms with Crippen LogP contribution in [0.2, 0.25) is 0 Å². The third kappa shape index (κ3) is 5.26. The quantitative estimate of drug-likeness (QED) is 0.156. The van der Waals surface area contributed by atoms with Gasteiger partial charge in [0.05, 0.1) is 11.0 Å². The molecule has 2 nitrogen and oxygen atoms in total.